The summed E-state index contributed by atoms with van der Waals surface area (Å²) in [5.74, 6) is 0. The van der Waals surface area contributed by atoms with Gasteiger partial charge in [-0.05, 0) is 13.0 Å². The van der Waals surface area contributed by atoms with E-state index in [1.165, 1.54) is 0 Å². The largest absolute Gasteiger partial charge is 0.391 e. The molecule has 3 N–H and O–H groups in total. The molecule has 1 aromatic rings. The molecule has 1 aromatic heterocycles. The van der Waals surface area contributed by atoms with E-state index in [2.05, 4.69) is 4.98 Å². The van der Waals surface area contributed by atoms with E-state index in [1.807, 2.05) is 0 Å². The highest BCUT2D eigenvalue weighted by Crippen LogP contribution is 2.20. The fraction of sp³-hybridized carbons (Fsp3) is 0.375. The Balaban J connectivity index is 2.94. The summed E-state index contributed by atoms with van der Waals surface area (Å²) in [5, 5.41) is 9.54. The fourth-order valence-corrected chi connectivity index (χ4v) is 1.15. The van der Waals surface area contributed by atoms with Crippen molar-refractivity contribution in [2.45, 2.75) is 19.1 Å². The molecule has 4 heteroatoms. The maximum absolute atomic E-state index is 9.19. The summed E-state index contributed by atoms with van der Waals surface area (Å²) in [6.07, 6.45) is 0.965. The minimum absolute atomic E-state index is 0.353. The van der Waals surface area contributed by atoms with Crippen molar-refractivity contribution in [1.29, 1.82) is 0 Å². The van der Waals surface area contributed by atoms with E-state index in [4.69, 9.17) is 17.3 Å². The lowest BCUT2D eigenvalue weighted by Gasteiger charge is -2.15. The smallest absolute Gasteiger partial charge is 0.133 e. The maximum atomic E-state index is 9.19. The molecule has 0 aliphatic rings. The van der Waals surface area contributed by atoms with E-state index < -0.39 is 12.1 Å². The van der Waals surface area contributed by atoms with Crippen molar-refractivity contribution in [2.75, 3.05) is 0 Å². The molecule has 0 aromatic carbocycles. The van der Waals surface area contributed by atoms with Gasteiger partial charge >= 0.3 is 0 Å². The molecule has 0 saturated carbocycles. The number of aliphatic hydroxyl groups excluding tert-OH is 1. The van der Waals surface area contributed by atoms with Crippen LogP contribution in [0.4, 0.5) is 0 Å². The topological polar surface area (TPSA) is 59.1 Å². The summed E-state index contributed by atoms with van der Waals surface area (Å²) >= 11 is 5.76. The highest BCUT2D eigenvalue weighted by atomic mass is 35.5. The van der Waals surface area contributed by atoms with Gasteiger partial charge in [-0.15, -0.1) is 0 Å². The lowest BCUT2D eigenvalue weighted by molar-refractivity contribution is 0.164. The quantitative estimate of drug-likeness (QED) is 0.681. The van der Waals surface area contributed by atoms with Crippen LogP contribution in [0.5, 0.6) is 0 Å². The molecular weight excluding hydrogens is 176 g/mol. The number of pyridine rings is 1. The average Bonchev–Trinajstić information content (AvgIpc) is 2.04. The number of nitrogens with zero attached hydrogens (tertiary/aromatic N) is 1. The number of aliphatic hydroxyl groups is 1. The first-order valence-electron chi connectivity index (χ1n) is 3.67. The summed E-state index contributed by atoms with van der Waals surface area (Å²) in [4.78, 5) is 3.86. The van der Waals surface area contributed by atoms with E-state index in [0.29, 0.717) is 10.7 Å². The van der Waals surface area contributed by atoms with Crippen LogP contribution in [0.25, 0.3) is 0 Å². The van der Waals surface area contributed by atoms with Crippen LogP contribution in [0.1, 0.15) is 18.5 Å². The number of aromatic nitrogens is 1. The first kappa shape index (κ1) is 9.45. The van der Waals surface area contributed by atoms with Gasteiger partial charge in [0, 0.05) is 11.8 Å². The maximum Gasteiger partial charge on any atom is 0.133 e. The molecule has 1 unspecified atom stereocenters. The van der Waals surface area contributed by atoms with Gasteiger partial charge in [-0.25, -0.2) is 4.98 Å². The van der Waals surface area contributed by atoms with Crippen molar-refractivity contribution in [3.05, 3.63) is 29.0 Å². The lowest BCUT2D eigenvalue weighted by Crippen LogP contribution is -2.23. The van der Waals surface area contributed by atoms with Crippen molar-refractivity contribution in [1.82, 2.24) is 4.98 Å². The standard InChI is InChI=1S/C8H11ClN2O/c1-5(12)7(10)6-3-2-4-11-8(6)9/h2-5,7,12H,10H2,1H3/t5?,7-/m1/s1. The van der Waals surface area contributed by atoms with Crippen LogP contribution in [0.3, 0.4) is 0 Å². The van der Waals surface area contributed by atoms with Crippen molar-refractivity contribution < 1.29 is 5.11 Å². The summed E-state index contributed by atoms with van der Waals surface area (Å²) in [7, 11) is 0. The predicted octanol–water partition coefficient (Wildman–Crippen LogP) is 1.12. The lowest BCUT2D eigenvalue weighted by atomic mass is 10.1. The second-order valence-electron chi connectivity index (χ2n) is 2.65. The summed E-state index contributed by atoms with van der Waals surface area (Å²) in [6, 6.07) is 3.03. The number of hydrogen-bond donors (Lipinski definition) is 2. The molecule has 3 nitrogen and oxygen atoms in total. The van der Waals surface area contributed by atoms with Crippen LogP contribution >= 0.6 is 11.6 Å². The Morgan fingerprint density at radius 3 is 2.83 bits per heavy atom. The van der Waals surface area contributed by atoms with Crippen LogP contribution in [0.15, 0.2) is 18.3 Å². The predicted molar refractivity (Wildman–Crippen MR) is 47.9 cm³/mol. The molecule has 66 valence electrons. The SMILES string of the molecule is CC(O)[C@@H](N)c1cccnc1Cl. The van der Waals surface area contributed by atoms with Gasteiger partial charge in [-0.3, -0.25) is 0 Å². The molecule has 0 amide bonds. The highest BCUT2D eigenvalue weighted by Gasteiger charge is 2.14. The first-order chi connectivity index (χ1) is 5.63. The van der Waals surface area contributed by atoms with E-state index in [9.17, 15) is 5.11 Å². The van der Waals surface area contributed by atoms with Crippen molar-refractivity contribution in [3.63, 3.8) is 0 Å². The Bertz CT molecular complexity index is 265. The highest BCUT2D eigenvalue weighted by molar-refractivity contribution is 6.30. The van der Waals surface area contributed by atoms with Crippen LogP contribution in [0, 0.1) is 0 Å². The number of halogens is 1. The van der Waals surface area contributed by atoms with Gasteiger partial charge < -0.3 is 10.8 Å². The molecule has 0 aliphatic carbocycles. The zero-order chi connectivity index (χ0) is 9.14. The molecule has 1 rings (SSSR count). The molecule has 12 heavy (non-hydrogen) atoms. The van der Waals surface area contributed by atoms with Crippen molar-refractivity contribution >= 4 is 11.6 Å². The molecule has 0 spiro atoms. The van der Waals surface area contributed by atoms with E-state index >= 15 is 0 Å². The summed E-state index contributed by atoms with van der Waals surface area (Å²) in [5.41, 5.74) is 6.34. The average molecular weight is 187 g/mol. The fourth-order valence-electron chi connectivity index (χ4n) is 0.907. The third-order valence-corrected chi connectivity index (χ3v) is 1.98. The number of nitrogens with two attached hydrogens (primary N) is 1. The second-order valence-corrected chi connectivity index (χ2v) is 3.01. The van der Waals surface area contributed by atoms with Gasteiger partial charge in [-0.1, -0.05) is 17.7 Å². The molecule has 1 heterocycles. The first-order valence-corrected chi connectivity index (χ1v) is 4.04. The van der Waals surface area contributed by atoms with Crippen LogP contribution in [-0.2, 0) is 0 Å². The molecule has 0 radical (unpaired) electrons. The zero-order valence-electron chi connectivity index (χ0n) is 6.74. The normalized spacial score (nSPS) is 15.7. The summed E-state index contributed by atoms with van der Waals surface area (Å²) in [6.45, 7) is 1.62. The van der Waals surface area contributed by atoms with Crippen molar-refractivity contribution in [2.24, 2.45) is 5.73 Å². The summed E-state index contributed by atoms with van der Waals surface area (Å²) < 4.78 is 0. The minimum atomic E-state index is -0.619. The second kappa shape index (κ2) is 3.85. The Kier molecular flexibility index (Phi) is 3.03. The molecule has 0 fully saturated rings. The van der Waals surface area contributed by atoms with Gasteiger partial charge in [0.25, 0.3) is 0 Å². The Labute approximate surface area is 76.2 Å². The minimum Gasteiger partial charge on any atom is -0.391 e. The van der Waals surface area contributed by atoms with Crippen LogP contribution in [0.2, 0.25) is 5.15 Å². The van der Waals surface area contributed by atoms with Gasteiger partial charge in [0.1, 0.15) is 5.15 Å². The van der Waals surface area contributed by atoms with E-state index in [1.54, 1.807) is 25.3 Å². The molecule has 0 bridgehead atoms. The number of hydrogen-bond acceptors (Lipinski definition) is 3. The molecule has 0 saturated heterocycles. The Morgan fingerprint density at radius 1 is 1.67 bits per heavy atom. The molecule has 0 aliphatic heterocycles. The van der Waals surface area contributed by atoms with Gasteiger partial charge in [-0.2, -0.15) is 0 Å². The van der Waals surface area contributed by atoms with Gasteiger partial charge in [0.05, 0.1) is 12.1 Å². The zero-order valence-corrected chi connectivity index (χ0v) is 7.49. The van der Waals surface area contributed by atoms with Gasteiger partial charge in [0.15, 0.2) is 0 Å². The monoisotopic (exact) mass is 186 g/mol. The Hall–Kier alpha value is -0.640. The van der Waals surface area contributed by atoms with Crippen LogP contribution < -0.4 is 5.73 Å². The Morgan fingerprint density at radius 2 is 2.33 bits per heavy atom. The van der Waals surface area contributed by atoms with Crippen molar-refractivity contribution in [3.8, 4) is 0 Å². The van der Waals surface area contributed by atoms with E-state index in [0.717, 1.165) is 0 Å². The molecular formula is C8H11ClN2O. The van der Waals surface area contributed by atoms with E-state index in [-0.39, 0.29) is 0 Å². The third kappa shape index (κ3) is 1.94. The van der Waals surface area contributed by atoms with Crippen LogP contribution in [-0.4, -0.2) is 16.2 Å². The molecule has 2 atom stereocenters. The van der Waals surface area contributed by atoms with Gasteiger partial charge in [0.2, 0.25) is 0 Å². The third-order valence-electron chi connectivity index (χ3n) is 1.67. The number of rotatable bonds is 2.